The quantitative estimate of drug-likeness (QED) is 0.213. The van der Waals surface area contributed by atoms with Crippen LogP contribution in [0.1, 0.15) is 49.9 Å². The number of hydrogen-bond donors (Lipinski definition) is 0. The minimum absolute atomic E-state index is 0.0663. The molecule has 2 heterocycles. The van der Waals surface area contributed by atoms with E-state index in [2.05, 4.69) is 148 Å². The second-order valence-electron chi connectivity index (χ2n) is 13.0. The van der Waals surface area contributed by atoms with Crippen molar-refractivity contribution in [2.24, 2.45) is 0 Å². The van der Waals surface area contributed by atoms with Gasteiger partial charge in [-0.2, -0.15) is 0 Å². The van der Waals surface area contributed by atoms with Gasteiger partial charge < -0.3 is 0 Å². The molecule has 0 bridgehead atoms. The third kappa shape index (κ3) is 3.09. The molecule has 3 nitrogen and oxygen atoms in total. The van der Waals surface area contributed by atoms with E-state index in [4.69, 9.17) is 9.97 Å². The number of nitrogens with zero attached hydrogens (tertiary/aromatic N) is 3. The zero-order valence-electron chi connectivity index (χ0n) is 24.8. The van der Waals surface area contributed by atoms with Gasteiger partial charge in [0.25, 0.3) is 0 Å². The van der Waals surface area contributed by atoms with E-state index >= 15 is 0 Å². The number of benzene rings is 5. The topological polar surface area (TPSA) is 30.7 Å². The van der Waals surface area contributed by atoms with Crippen LogP contribution in [0.2, 0.25) is 0 Å². The summed E-state index contributed by atoms with van der Waals surface area (Å²) in [6, 6.07) is 41.6. The highest BCUT2D eigenvalue weighted by atomic mass is 15.2. The van der Waals surface area contributed by atoms with Gasteiger partial charge in [0.05, 0.1) is 22.4 Å². The number of rotatable bonds is 2. The van der Waals surface area contributed by atoms with Crippen LogP contribution in [0.15, 0.2) is 115 Å². The van der Waals surface area contributed by atoms with Crippen molar-refractivity contribution < 1.29 is 0 Å². The van der Waals surface area contributed by atoms with Gasteiger partial charge in [-0.1, -0.05) is 131 Å². The van der Waals surface area contributed by atoms with Crippen LogP contribution in [0, 0.1) is 0 Å². The summed E-state index contributed by atoms with van der Waals surface area (Å²) in [5.74, 6) is 0.710. The Morgan fingerprint density at radius 1 is 0.512 bits per heavy atom. The molecule has 0 saturated heterocycles. The van der Waals surface area contributed by atoms with Gasteiger partial charge in [0.15, 0.2) is 0 Å². The summed E-state index contributed by atoms with van der Waals surface area (Å²) in [4.78, 5) is 10.9. The third-order valence-electron chi connectivity index (χ3n) is 10.0. The first-order valence-electron chi connectivity index (χ1n) is 15.1. The van der Waals surface area contributed by atoms with E-state index in [-0.39, 0.29) is 10.8 Å². The summed E-state index contributed by atoms with van der Waals surface area (Å²) < 4.78 is 2.29. The van der Waals surface area contributed by atoms with Crippen LogP contribution in [-0.4, -0.2) is 14.5 Å². The maximum Gasteiger partial charge on any atom is 0.235 e. The van der Waals surface area contributed by atoms with Gasteiger partial charge in [0.2, 0.25) is 5.95 Å². The minimum atomic E-state index is -0.216. The molecule has 7 aromatic rings. The summed E-state index contributed by atoms with van der Waals surface area (Å²) in [5.41, 5.74) is 14.2. The molecule has 2 aromatic heterocycles. The van der Waals surface area contributed by atoms with E-state index in [9.17, 15) is 0 Å². The summed E-state index contributed by atoms with van der Waals surface area (Å²) in [5, 5.41) is 2.50. The molecule has 0 aliphatic heterocycles. The molecule has 2 aliphatic carbocycles. The zero-order valence-corrected chi connectivity index (χ0v) is 24.8. The Bertz CT molecular complexity index is 2290. The van der Waals surface area contributed by atoms with Crippen LogP contribution in [0.5, 0.6) is 0 Å². The second kappa shape index (κ2) is 8.29. The lowest BCUT2D eigenvalue weighted by atomic mass is 9.81. The summed E-state index contributed by atoms with van der Waals surface area (Å²) >= 11 is 0. The van der Waals surface area contributed by atoms with E-state index in [0.29, 0.717) is 5.95 Å². The summed E-state index contributed by atoms with van der Waals surface area (Å²) in [6.45, 7) is 9.29. The largest absolute Gasteiger partial charge is 0.278 e. The van der Waals surface area contributed by atoms with Crippen LogP contribution in [-0.2, 0) is 10.8 Å². The smallest absolute Gasteiger partial charge is 0.235 e. The molecular weight excluding hydrogens is 522 g/mol. The van der Waals surface area contributed by atoms with Gasteiger partial charge in [0.1, 0.15) is 0 Å². The molecule has 0 saturated carbocycles. The molecule has 206 valence electrons. The second-order valence-corrected chi connectivity index (χ2v) is 13.0. The predicted octanol–water partition coefficient (Wildman–Crippen LogP) is 9.85. The Hall–Kier alpha value is -5.02. The highest BCUT2D eigenvalue weighted by Crippen LogP contribution is 2.54. The zero-order chi connectivity index (χ0) is 29.1. The monoisotopic (exact) mass is 553 g/mol. The van der Waals surface area contributed by atoms with Gasteiger partial charge in [-0.3, -0.25) is 4.57 Å². The molecule has 43 heavy (non-hydrogen) atoms. The molecule has 0 spiro atoms. The van der Waals surface area contributed by atoms with Crippen molar-refractivity contribution in [2.75, 3.05) is 0 Å². The molecule has 5 aromatic carbocycles. The fourth-order valence-electron chi connectivity index (χ4n) is 7.98. The Morgan fingerprint density at radius 3 is 1.93 bits per heavy atom. The molecule has 0 unspecified atom stereocenters. The van der Waals surface area contributed by atoms with E-state index in [0.717, 1.165) is 28.0 Å². The first kappa shape index (κ1) is 24.6. The molecule has 0 radical (unpaired) electrons. The molecule has 9 rings (SSSR count). The number of aromatic nitrogens is 3. The number of hydrogen-bond acceptors (Lipinski definition) is 2. The molecule has 0 atom stereocenters. The van der Waals surface area contributed by atoms with Crippen molar-refractivity contribution >= 4 is 21.8 Å². The third-order valence-corrected chi connectivity index (χ3v) is 10.0. The van der Waals surface area contributed by atoms with Gasteiger partial charge in [-0.05, 0) is 39.9 Å². The average molecular weight is 554 g/mol. The number of fused-ring (bicyclic) bond motifs is 10. The lowest BCUT2D eigenvalue weighted by Crippen LogP contribution is -2.18. The Labute approximate surface area is 251 Å². The van der Waals surface area contributed by atoms with Crippen LogP contribution in [0.4, 0.5) is 0 Å². The van der Waals surface area contributed by atoms with E-state index in [1.807, 2.05) is 0 Å². The minimum Gasteiger partial charge on any atom is -0.278 e. The maximum absolute atomic E-state index is 5.45. The Morgan fingerprint density at radius 2 is 1.14 bits per heavy atom. The highest BCUT2D eigenvalue weighted by molar-refractivity contribution is 6.17. The molecule has 2 aliphatic rings. The lowest BCUT2D eigenvalue weighted by molar-refractivity contribution is 0.657. The first-order chi connectivity index (χ1) is 20.9. The SMILES string of the molecule is CC1(C)c2ccccc2-c2c1ccc1c2c2ccccc2n1-c1nc(-c2ccccc2)c2c(n1)-c1ccccc1C2(C)C. The Kier molecular flexibility index (Phi) is 4.74. The van der Waals surface area contributed by atoms with E-state index in [1.54, 1.807) is 0 Å². The van der Waals surface area contributed by atoms with Gasteiger partial charge >= 0.3 is 0 Å². The molecule has 0 amide bonds. The van der Waals surface area contributed by atoms with Gasteiger partial charge in [0, 0.05) is 38.3 Å². The first-order valence-corrected chi connectivity index (χ1v) is 15.1. The predicted molar refractivity (Wildman–Crippen MR) is 177 cm³/mol. The van der Waals surface area contributed by atoms with Crippen molar-refractivity contribution in [3.8, 4) is 39.6 Å². The van der Waals surface area contributed by atoms with E-state index < -0.39 is 0 Å². The fraction of sp³-hybridized carbons (Fsp3) is 0.150. The van der Waals surface area contributed by atoms with Crippen LogP contribution in [0.25, 0.3) is 61.4 Å². The highest BCUT2D eigenvalue weighted by Gasteiger charge is 2.41. The molecular formula is C40H31N3. The van der Waals surface area contributed by atoms with Crippen LogP contribution >= 0.6 is 0 Å². The molecule has 0 N–H and O–H groups in total. The average Bonchev–Trinajstić information content (AvgIpc) is 3.58. The van der Waals surface area contributed by atoms with Crippen molar-refractivity contribution in [3.63, 3.8) is 0 Å². The number of para-hydroxylation sites is 1. The van der Waals surface area contributed by atoms with Crippen molar-refractivity contribution in [2.45, 2.75) is 38.5 Å². The maximum atomic E-state index is 5.45. The molecule has 3 heteroatoms. The van der Waals surface area contributed by atoms with Gasteiger partial charge in [-0.25, -0.2) is 9.97 Å². The standard InChI is InChI=1S/C40H31N3/c1-39(2)28-19-11-8-16-25(28)33-30(39)22-23-32-34(33)27-18-10-13-21-31(27)43(32)38-41-36(24-14-6-5-7-15-24)35-37(42-38)26-17-9-12-20-29(26)40(35,3)4/h5-23H,1-4H3. The van der Waals surface area contributed by atoms with Crippen molar-refractivity contribution in [1.29, 1.82) is 0 Å². The van der Waals surface area contributed by atoms with Gasteiger partial charge in [-0.15, -0.1) is 0 Å². The van der Waals surface area contributed by atoms with Crippen molar-refractivity contribution in [1.82, 2.24) is 14.5 Å². The molecule has 0 fully saturated rings. The Balaban J connectivity index is 1.43. The lowest BCUT2D eigenvalue weighted by Gasteiger charge is -2.24. The van der Waals surface area contributed by atoms with E-state index in [1.165, 1.54) is 49.7 Å². The summed E-state index contributed by atoms with van der Waals surface area (Å²) in [6.07, 6.45) is 0. The van der Waals surface area contributed by atoms with Crippen molar-refractivity contribution in [3.05, 3.63) is 138 Å². The van der Waals surface area contributed by atoms with Crippen LogP contribution in [0.3, 0.4) is 0 Å². The van der Waals surface area contributed by atoms with Crippen LogP contribution < -0.4 is 0 Å². The normalized spacial score (nSPS) is 15.3. The fourth-order valence-corrected chi connectivity index (χ4v) is 7.98. The summed E-state index contributed by atoms with van der Waals surface area (Å²) in [7, 11) is 0.